The summed E-state index contributed by atoms with van der Waals surface area (Å²) in [5, 5.41) is 21.0. The smallest absolute Gasteiger partial charge is 0.243 e. The van der Waals surface area contributed by atoms with E-state index in [2.05, 4.69) is 31.0 Å². The number of hydroxylamine groups is 1. The van der Waals surface area contributed by atoms with Crippen LogP contribution in [0.4, 0.5) is 0 Å². The first-order chi connectivity index (χ1) is 20.5. The maximum Gasteiger partial charge on any atom is 0.243 e. The Kier molecular flexibility index (Phi) is 9.88. The number of hydrogen-bond acceptors (Lipinski definition) is 7. The SMILES string of the molecule is CC1(C)CC2CC(C)(CN2CC2CC(c3ccc(CO)cc3)OC(c3ccc(CNC(=O)CCCC(=O)NO)cc3)O2)C1. The molecular formula is C34H47N3O6. The fourth-order valence-electron chi connectivity index (χ4n) is 7.63. The van der Waals surface area contributed by atoms with Crippen molar-refractivity contribution >= 4 is 11.8 Å². The van der Waals surface area contributed by atoms with E-state index < -0.39 is 12.2 Å². The van der Waals surface area contributed by atoms with Crippen LogP contribution in [0.1, 0.15) is 100 Å². The number of rotatable bonds is 11. The number of likely N-dealkylation sites (tertiary alicyclic amines) is 1. The van der Waals surface area contributed by atoms with E-state index in [9.17, 15) is 14.7 Å². The predicted molar refractivity (Wildman–Crippen MR) is 162 cm³/mol. The average molecular weight is 594 g/mol. The Balaban J connectivity index is 1.25. The number of fused-ring (bicyclic) bond motifs is 2. The van der Waals surface area contributed by atoms with Gasteiger partial charge >= 0.3 is 0 Å². The zero-order chi connectivity index (χ0) is 30.6. The van der Waals surface area contributed by atoms with Gasteiger partial charge in [-0.25, -0.2) is 5.48 Å². The second-order valence-electron chi connectivity index (χ2n) is 13.9. The van der Waals surface area contributed by atoms with Gasteiger partial charge < -0.3 is 19.9 Å². The lowest BCUT2D eigenvalue weighted by atomic mass is 9.65. The number of amides is 2. The standard InChI is InChI=1S/C34H47N3O6/c1-33(2)16-27-17-34(3,21-33)22-37(27)19-28-15-29(25-11-9-24(20-38)10-12-25)43-32(42-28)26-13-7-23(8-14-26)18-35-30(39)5-4-6-31(40)36-41/h7-14,27-29,32,38,41H,4-6,15-22H2,1-3H3,(H,35,39)(H,36,40). The number of hydrogen-bond donors (Lipinski definition) is 4. The van der Waals surface area contributed by atoms with Crippen molar-refractivity contribution in [1.29, 1.82) is 0 Å². The van der Waals surface area contributed by atoms with Gasteiger partial charge in [0.1, 0.15) is 0 Å². The summed E-state index contributed by atoms with van der Waals surface area (Å²) in [5.41, 5.74) is 6.14. The molecule has 2 aliphatic heterocycles. The van der Waals surface area contributed by atoms with Crippen LogP contribution in [-0.2, 0) is 32.2 Å². The van der Waals surface area contributed by atoms with Crippen molar-refractivity contribution in [2.45, 2.75) is 103 Å². The van der Waals surface area contributed by atoms with Crippen molar-refractivity contribution in [1.82, 2.24) is 15.7 Å². The highest BCUT2D eigenvalue weighted by molar-refractivity contribution is 5.78. The molecule has 2 amide bonds. The van der Waals surface area contributed by atoms with Crippen LogP contribution < -0.4 is 10.8 Å². The lowest BCUT2D eigenvalue weighted by molar-refractivity contribution is -0.253. The van der Waals surface area contributed by atoms with Crippen LogP contribution in [-0.4, -0.2) is 52.3 Å². The van der Waals surface area contributed by atoms with Crippen LogP contribution in [0.2, 0.25) is 0 Å². The molecule has 2 aromatic carbocycles. The average Bonchev–Trinajstić information content (AvgIpc) is 3.22. The minimum atomic E-state index is -0.517. The maximum atomic E-state index is 12.2. The van der Waals surface area contributed by atoms with E-state index in [1.54, 1.807) is 5.48 Å². The molecule has 1 saturated carbocycles. The number of benzene rings is 2. The van der Waals surface area contributed by atoms with Gasteiger partial charge in [-0.1, -0.05) is 69.3 Å². The summed E-state index contributed by atoms with van der Waals surface area (Å²) in [6, 6.07) is 16.5. The van der Waals surface area contributed by atoms with Crippen LogP contribution in [0.3, 0.4) is 0 Å². The van der Waals surface area contributed by atoms with Crippen molar-refractivity contribution in [3.8, 4) is 0 Å². The molecule has 234 valence electrons. The number of carbonyl (C=O) groups excluding carboxylic acids is 2. The van der Waals surface area contributed by atoms with Gasteiger partial charge in [-0.3, -0.25) is 19.7 Å². The zero-order valence-electron chi connectivity index (χ0n) is 25.7. The molecule has 9 heteroatoms. The fourth-order valence-corrected chi connectivity index (χ4v) is 7.63. The van der Waals surface area contributed by atoms with Gasteiger partial charge in [0.2, 0.25) is 11.8 Å². The maximum absolute atomic E-state index is 12.2. The first-order valence-corrected chi connectivity index (χ1v) is 15.6. The van der Waals surface area contributed by atoms with Gasteiger partial charge in [0.15, 0.2) is 6.29 Å². The van der Waals surface area contributed by atoms with Gasteiger partial charge in [-0.2, -0.15) is 0 Å². The van der Waals surface area contributed by atoms with E-state index in [0.29, 0.717) is 29.8 Å². The lowest BCUT2D eigenvalue weighted by Gasteiger charge is -2.41. The van der Waals surface area contributed by atoms with Gasteiger partial charge in [-0.05, 0) is 53.2 Å². The highest BCUT2D eigenvalue weighted by atomic mass is 16.7. The molecule has 0 radical (unpaired) electrons. The lowest BCUT2D eigenvalue weighted by Crippen LogP contribution is -2.42. The van der Waals surface area contributed by atoms with Crippen molar-refractivity contribution in [2.75, 3.05) is 13.1 Å². The third-order valence-electron chi connectivity index (χ3n) is 9.25. The summed E-state index contributed by atoms with van der Waals surface area (Å²) in [6.45, 7) is 9.64. The third-order valence-corrected chi connectivity index (χ3v) is 9.25. The van der Waals surface area contributed by atoms with Gasteiger partial charge in [0.25, 0.3) is 0 Å². The molecule has 2 heterocycles. The van der Waals surface area contributed by atoms with Crippen molar-refractivity contribution in [3.05, 3.63) is 70.8 Å². The normalized spacial score (nSPS) is 28.4. The molecule has 43 heavy (non-hydrogen) atoms. The van der Waals surface area contributed by atoms with Crippen LogP contribution >= 0.6 is 0 Å². The molecule has 4 N–H and O–H groups in total. The molecule has 3 aliphatic rings. The molecule has 2 saturated heterocycles. The Morgan fingerprint density at radius 2 is 1.60 bits per heavy atom. The monoisotopic (exact) mass is 593 g/mol. The second kappa shape index (κ2) is 13.4. The van der Waals surface area contributed by atoms with Gasteiger partial charge in [0.05, 0.1) is 18.8 Å². The molecule has 2 aromatic rings. The van der Waals surface area contributed by atoms with Gasteiger partial charge in [-0.15, -0.1) is 0 Å². The van der Waals surface area contributed by atoms with E-state index in [1.807, 2.05) is 48.5 Å². The van der Waals surface area contributed by atoms with Crippen molar-refractivity contribution in [3.63, 3.8) is 0 Å². The number of nitrogens with zero attached hydrogens (tertiary/aromatic N) is 1. The highest BCUT2D eigenvalue weighted by Crippen LogP contribution is 2.53. The number of aliphatic hydroxyl groups is 1. The van der Waals surface area contributed by atoms with E-state index in [0.717, 1.165) is 41.8 Å². The Morgan fingerprint density at radius 3 is 2.30 bits per heavy atom. The molecular weight excluding hydrogens is 546 g/mol. The molecule has 1 aliphatic carbocycles. The Hall–Kier alpha value is -2.82. The molecule has 5 atom stereocenters. The summed E-state index contributed by atoms with van der Waals surface area (Å²) in [7, 11) is 0. The minimum Gasteiger partial charge on any atom is -0.392 e. The quantitative estimate of drug-likeness (QED) is 0.216. The third kappa shape index (κ3) is 8.22. The first kappa shape index (κ1) is 31.6. The molecule has 5 unspecified atom stereocenters. The van der Waals surface area contributed by atoms with Crippen molar-refractivity contribution in [2.24, 2.45) is 10.8 Å². The number of ether oxygens (including phenoxy) is 2. The molecule has 2 bridgehead atoms. The highest BCUT2D eigenvalue weighted by Gasteiger charge is 2.50. The summed E-state index contributed by atoms with van der Waals surface area (Å²) in [6.07, 6.45) is 4.55. The van der Waals surface area contributed by atoms with Crippen LogP contribution in [0.5, 0.6) is 0 Å². The summed E-state index contributed by atoms with van der Waals surface area (Å²) in [5.74, 6) is -0.640. The minimum absolute atomic E-state index is 0.0132. The summed E-state index contributed by atoms with van der Waals surface area (Å²) in [4.78, 5) is 25.9. The van der Waals surface area contributed by atoms with Crippen LogP contribution in [0.15, 0.2) is 48.5 Å². The number of carbonyl (C=O) groups is 2. The molecule has 9 nitrogen and oxygen atoms in total. The van der Waals surface area contributed by atoms with E-state index in [-0.39, 0.29) is 37.6 Å². The molecule has 0 spiro atoms. The summed E-state index contributed by atoms with van der Waals surface area (Å²) >= 11 is 0. The van der Waals surface area contributed by atoms with Gasteiger partial charge in [0, 0.05) is 50.5 Å². The topological polar surface area (TPSA) is 120 Å². The van der Waals surface area contributed by atoms with Crippen LogP contribution in [0, 0.1) is 10.8 Å². The molecule has 3 fully saturated rings. The first-order valence-electron chi connectivity index (χ1n) is 15.6. The summed E-state index contributed by atoms with van der Waals surface area (Å²) < 4.78 is 13.2. The second-order valence-corrected chi connectivity index (χ2v) is 13.9. The fraction of sp³-hybridized carbons (Fsp3) is 0.588. The van der Waals surface area contributed by atoms with E-state index in [1.165, 1.54) is 19.3 Å². The predicted octanol–water partition coefficient (Wildman–Crippen LogP) is 4.92. The van der Waals surface area contributed by atoms with Crippen LogP contribution in [0.25, 0.3) is 0 Å². The zero-order valence-corrected chi connectivity index (χ0v) is 25.7. The number of nitrogens with one attached hydrogen (secondary N) is 2. The Morgan fingerprint density at radius 1 is 0.930 bits per heavy atom. The molecule has 5 rings (SSSR count). The molecule has 0 aromatic heterocycles. The van der Waals surface area contributed by atoms with Crippen molar-refractivity contribution < 1.29 is 29.4 Å². The van der Waals surface area contributed by atoms with E-state index in [4.69, 9.17) is 14.7 Å². The van der Waals surface area contributed by atoms with E-state index >= 15 is 0 Å². The Labute approximate surface area is 254 Å². The largest absolute Gasteiger partial charge is 0.392 e. The Bertz CT molecular complexity index is 1250. The number of aliphatic hydroxyl groups excluding tert-OH is 1.